The predicted octanol–water partition coefficient (Wildman–Crippen LogP) is 5.02. The Morgan fingerprint density at radius 1 is 1.03 bits per heavy atom. The summed E-state index contributed by atoms with van der Waals surface area (Å²) in [5, 5.41) is 3.59. The van der Waals surface area contributed by atoms with Gasteiger partial charge in [-0.15, -0.1) is 0 Å². The van der Waals surface area contributed by atoms with Crippen LogP contribution in [0.3, 0.4) is 0 Å². The molecule has 5 rings (SSSR count). The first-order valence-corrected chi connectivity index (χ1v) is 14.3. The van der Waals surface area contributed by atoms with E-state index in [1.54, 1.807) is 71.3 Å². The standard InChI is InChI=1S/C29H28ClN3O5S/c1-2-38-29(36)32-14-12-22(13-15-32)31-27(34)20-10-11-26-24(17-20)33(18-19-6-5-7-21(30)16-19)28(35)23-8-3-4-9-25(23)39(26)37/h3-11,16-17,22H,2,12-15,18H2,1H3,(H,31,34). The minimum Gasteiger partial charge on any atom is -0.450 e. The molecule has 0 radical (unpaired) electrons. The highest BCUT2D eigenvalue weighted by molar-refractivity contribution is 7.85. The van der Waals surface area contributed by atoms with E-state index in [0.29, 0.717) is 64.2 Å². The molecule has 1 saturated heterocycles. The molecule has 3 aromatic carbocycles. The van der Waals surface area contributed by atoms with E-state index < -0.39 is 10.8 Å². The Hall–Kier alpha value is -3.69. The number of likely N-dealkylation sites (tertiary alicyclic amines) is 1. The number of piperidine rings is 1. The average Bonchev–Trinajstić information content (AvgIpc) is 3.03. The first-order chi connectivity index (χ1) is 18.9. The number of carbonyl (C=O) groups excluding carboxylic acids is 3. The lowest BCUT2D eigenvalue weighted by atomic mass is 10.0. The maximum Gasteiger partial charge on any atom is 0.409 e. The zero-order chi connectivity index (χ0) is 27.5. The van der Waals surface area contributed by atoms with Gasteiger partial charge >= 0.3 is 6.09 Å². The summed E-state index contributed by atoms with van der Waals surface area (Å²) in [5.41, 5.74) is 1.93. The van der Waals surface area contributed by atoms with Gasteiger partial charge in [0.15, 0.2) is 0 Å². The van der Waals surface area contributed by atoms with Crippen molar-refractivity contribution < 1.29 is 23.3 Å². The number of hydrogen-bond donors (Lipinski definition) is 1. The minimum absolute atomic E-state index is 0.107. The molecule has 3 aromatic rings. The monoisotopic (exact) mass is 565 g/mol. The molecule has 0 bridgehead atoms. The van der Waals surface area contributed by atoms with Crippen molar-refractivity contribution in [1.29, 1.82) is 0 Å². The Balaban J connectivity index is 1.43. The van der Waals surface area contributed by atoms with Gasteiger partial charge in [0.05, 0.1) is 45.0 Å². The SMILES string of the molecule is CCOC(=O)N1CCC(NC(=O)c2ccc3c(c2)N(Cc2cccc(Cl)c2)C(=O)c2ccccc2S3=O)CC1. The molecule has 2 heterocycles. The van der Waals surface area contributed by atoms with Gasteiger partial charge in [-0.3, -0.25) is 9.59 Å². The van der Waals surface area contributed by atoms with Gasteiger partial charge in [0.25, 0.3) is 11.8 Å². The van der Waals surface area contributed by atoms with Crippen molar-refractivity contribution in [3.8, 4) is 0 Å². The van der Waals surface area contributed by atoms with E-state index in [2.05, 4.69) is 5.32 Å². The van der Waals surface area contributed by atoms with E-state index in [-0.39, 0.29) is 30.5 Å². The molecule has 8 nitrogen and oxygen atoms in total. The largest absolute Gasteiger partial charge is 0.450 e. The summed E-state index contributed by atoms with van der Waals surface area (Å²) in [5.74, 6) is -0.600. The second kappa shape index (κ2) is 11.6. The Morgan fingerprint density at radius 2 is 1.79 bits per heavy atom. The number of benzene rings is 3. The van der Waals surface area contributed by atoms with Crippen molar-refractivity contribution in [2.45, 2.75) is 42.1 Å². The van der Waals surface area contributed by atoms with Crippen molar-refractivity contribution in [3.63, 3.8) is 0 Å². The molecule has 1 N–H and O–H groups in total. The molecule has 3 amide bonds. The highest BCUT2D eigenvalue weighted by Gasteiger charge is 2.32. The maximum absolute atomic E-state index is 13.8. The van der Waals surface area contributed by atoms with Crippen LogP contribution < -0.4 is 10.2 Å². The molecule has 202 valence electrons. The number of fused-ring (bicyclic) bond motifs is 2. The van der Waals surface area contributed by atoms with Crippen molar-refractivity contribution in [3.05, 3.63) is 88.4 Å². The van der Waals surface area contributed by atoms with Crippen molar-refractivity contribution in [2.75, 3.05) is 24.6 Å². The third kappa shape index (κ3) is 5.69. The van der Waals surface area contributed by atoms with Crippen LogP contribution in [-0.4, -0.2) is 52.8 Å². The number of halogens is 1. The summed E-state index contributed by atoms with van der Waals surface area (Å²) in [6.45, 7) is 3.26. The first kappa shape index (κ1) is 26.9. The number of hydrogen-bond acceptors (Lipinski definition) is 5. The van der Waals surface area contributed by atoms with Crippen LogP contribution in [0, 0.1) is 0 Å². The number of nitrogens with one attached hydrogen (secondary N) is 1. The van der Waals surface area contributed by atoms with Crippen LogP contribution in [-0.2, 0) is 22.1 Å². The quantitative estimate of drug-likeness (QED) is 0.469. The van der Waals surface area contributed by atoms with Crippen molar-refractivity contribution >= 4 is 46.0 Å². The molecule has 10 heteroatoms. The molecule has 0 aromatic heterocycles. The zero-order valence-electron chi connectivity index (χ0n) is 21.4. The van der Waals surface area contributed by atoms with E-state index in [9.17, 15) is 18.6 Å². The molecule has 1 fully saturated rings. The van der Waals surface area contributed by atoms with Gasteiger partial charge in [-0.25, -0.2) is 9.00 Å². The second-order valence-corrected chi connectivity index (χ2v) is 11.3. The summed E-state index contributed by atoms with van der Waals surface area (Å²) in [4.78, 5) is 43.1. The lowest BCUT2D eigenvalue weighted by molar-refractivity contribution is 0.0858. The van der Waals surface area contributed by atoms with Gasteiger partial charge in [0, 0.05) is 29.7 Å². The van der Waals surface area contributed by atoms with Gasteiger partial charge < -0.3 is 19.9 Å². The molecule has 1 atom stereocenters. The minimum atomic E-state index is -1.62. The second-order valence-electron chi connectivity index (χ2n) is 9.40. The summed E-state index contributed by atoms with van der Waals surface area (Å²) in [6, 6.07) is 18.9. The fraction of sp³-hybridized carbons (Fsp3) is 0.276. The highest BCUT2D eigenvalue weighted by atomic mass is 35.5. The van der Waals surface area contributed by atoms with Gasteiger partial charge in [-0.1, -0.05) is 35.9 Å². The first-order valence-electron chi connectivity index (χ1n) is 12.8. The smallest absolute Gasteiger partial charge is 0.409 e. The summed E-state index contributed by atoms with van der Waals surface area (Å²) in [6.07, 6.45) is 0.869. The number of nitrogens with zero attached hydrogens (tertiary/aromatic N) is 2. The van der Waals surface area contributed by atoms with Gasteiger partial charge in [-0.2, -0.15) is 0 Å². The normalized spacial score (nSPS) is 17.2. The Kier molecular flexibility index (Phi) is 7.99. The van der Waals surface area contributed by atoms with E-state index >= 15 is 0 Å². The number of carbonyl (C=O) groups is 3. The van der Waals surface area contributed by atoms with E-state index in [0.717, 1.165) is 5.56 Å². The van der Waals surface area contributed by atoms with Crippen LogP contribution in [0.5, 0.6) is 0 Å². The number of anilines is 1. The number of rotatable bonds is 5. The molecule has 39 heavy (non-hydrogen) atoms. The Bertz CT molecular complexity index is 1450. The van der Waals surface area contributed by atoms with E-state index in [4.69, 9.17) is 16.3 Å². The van der Waals surface area contributed by atoms with Crippen molar-refractivity contribution in [1.82, 2.24) is 10.2 Å². The number of amides is 3. The molecular formula is C29H28ClN3O5S. The molecule has 2 aliphatic heterocycles. The molecule has 0 saturated carbocycles. The Labute approximate surface area is 234 Å². The van der Waals surface area contributed by atoms with E-state index in [1.807, 2.05) is 12.1 Å². The van der Waals surface area contributed by atoms with E-state index in [1.165, 1.54) is 0 Å². The summed E-state index contributed by atoms with van der Waals surface area (Å²) >= 11 is 6.20. The van der Waals surface area contributed by atoms with Crippen LogP contribution in [0.1, 0.15) is 46.0 Å². The topological polar surface area (TPSA) is 96.0 Å². The van der Waals surface area contributed by atoms with Crippen LogP contribution in [0.15, 0.2) is 76.5 Å². The summed E-state index contributed by atoms with van der Waals surface area (Å²) < 4.78 is 18.7. The zero-order valence-corrected chi connectivity index (χ0v) is 23.0. The molecule has 2 aliphatic rings. The molecular weight excluding hydrogens is 538 g/mol. The van der Waals surface area contributed by atoms with Gasteiger partial charge in [0.2, 0.25) is 0 Å². The highest BCUT2D eigenvalue weighted by Crippen LogP contribution is 2.36. The third-order valence-corrected chi connectivity index (χ3v) is 8.60. The predicted molar refractivity (Wildman–Crippen MR) is 149 cm³/mol. The molecule has 1 unspecified atom stereocenters. The van der Waals surface area contributed by atoms with Gasteiger partial charge in [0.1, 0.15) is 0 Å². The fourth-order valence-electron chi connectivity index (χ4n) is 4.87. The number of ether oxygens (including phenoxy) is 1. The van der Waals surface area contributed by atoms with Crippen molar-refractivity contribution in [2.24, 2.45) is 0 Å². The fourth-order valence-corrected chi connectivity index (χ4v) is 6.43. The van der Waals surface area contributed by atoms with Crippen LogP contribution in [0.25, 0.3) is 0 Å². The van der Waals surface area contributed by atoms with Crippen LogP contribution >= 0.6 is 11.6 Å². The van der Waals surface area contributed by atoms with Gasteiger partial charge in [-0.05, 0) is 67.8 Å². The average molecular weight is 566 g/mol. The summed E-state index contributed by atoms with van der Waals surface area (Å²) in [7, 11) is -1.62. The van der Waals surface area contributed by atoms with Crippen LogP contribution in [0.2, 0.25) is 5.02 Å². The Morgan fingerprint density at radius 3 is 2.54 bits per heavy atom. The lowest BCUT2D eigenvalue weighted by Crippen LogP contribution is -2.46. The van der Waals surface area contributed by atoms with Crippen LogP contribution in [0.4, 0.5) is 10.5 Å². The molecule has 0 aliphatic carbocycles. The maximum atomic E-state index is 13.8. The molecule has 0 spiro atoms. The third-order valence-electron chi connectivity index (χ3n) is 6.86. The lowest BCUT2D eigenvalue weighted by Gasteiger charge is -2.31.